The van der Waals surface area contributed by atoms with Crippen LogP contribution in [0.25, 0.3) is 0 Å². The van der Waals surface area contributed by atoms with Crippen LogP contribution in [-0.4, -0.2) is 32.3 Å². The molecule has 0 aliphatic carbocycles. The summed E-state index contributed by atoms with van der Waals surface area (Å²) in [4.78, 5) is 0. The predicted molar refractivity (Wildman–Crippen MR) is 70.3 cm³/mol. The Hall–Kier alpha value is -0.380. The lowest BCUT2D eigenvalue weighted by molar-refractivity contribution is 0.0964. The quantitative estimate of drug-likeness (QED) is 0.540. The summed E-state index contributed by atoms with van der Waals surface area (Å²) in [5.41, 5.74) is 1.33. The standard InChI is InChI=1S/C13H19BrO2/c1-15-8-5-9-16-11-13(10-14)12-6-3-2-4-7-12/h2-4,6-7,13H,5,8-11H2,1H3. The van der Waals surface area contributed by atoms with Gasteiger partial charge in [0.15, 0.2) is 0 Å². The SMILES string of the molecule is COCCCOCC(CBr)c1ccccc1. The fourth-order valence-corrected chi connectivity index (χ4v) is 2.05. The molecule has 0 aliphatic heterocycles. The Labute approximate surface area is 106 Å². The van der Waals surface area contributed by atoms with Crippen molar-refractivity contribution in [3.8, 4) is 0 Å². The van der Waals surface area contributed by atoms with E-state index in [4.69, 9.17) is 9.47 Å². The van der Waals surface area contributed by atoms with E-state index in [1.54, 1.807) is 7.11 Å². The average Bonchev–Trinajstić information content (AvgIpc) is 2.35. The summed E-state index contributed by atoms with van der Waals surface area (Å²) in [5.74, 6) is 0.434. The molecule has 0 amide bonds. The van der Waals surface area contributed by atoms with Crippen molar-refractivity contribution in [3.63, 3.8) is 0 Å². The molecule has 0 aromatic heterocycles. The van der Waals surface area contributed by atoms with Crippen molar-refractivity contribution in [1.82, 2.24) is 0 Å². The minimum Gasteiger partial charge on any atom is -0.385 e. The molecule has 0 radical (unpaired) electrons. The molecule has 1 unspecified atom stereocenters. The van der Waals surface area contributed by atoms with Crippen LogP contribution in [0.3, 0.4) is 0 Å². The summed E-state index contributed by atoms with van der Waals surface area (Å²) in [6.45, 7) is 2.30. The molecule has 1 aromatic rings. The van der Waals surface area contributed by atoms with E-state index in [1.165, 1.54) is 5.56 Å². The minimum atomic E-state index is 0.434. The zero-order valence-electron chi connectivity index (χ0n) is 9.69. The van der Waals surface area contributed by atoms with Gasteiger partial charge in [0, 0.05) is 31.6 Å². The van der Waals surface area contributed by atoms with Gasteiger partial charge < -0.3 is 9.47 Å². The van der Waals surface area contributed by atoms with Crippen LogP contribution in [0.4, 0.5) is 0 Å². The second kappa shape index (κ2) is 8.74. The molecule has 1 aromatic carbocycles. The van der Waals surface area contributed by atoms with Crippen molar-refractivity contribution in [2.45, 2.75) is 12.3 Å². The van der Waals surface area contributed by atoms with E-state index < -0.39 is 0 Å². The monoisotopic (exact) mass is 286 g/mol. The fourth-order valence-electron chi connectivity index (χ4n) is 1.49. The molecule has 90 valence electrons. The molecule has 0 bridgehead atoms. The molecule has 1 rings (SSSR count). The number of methoxy groups -OCH3 is 1. The third kappa shape index (κ3) is 5.10. The molecule has 0 spiro atoms. The second-order valence-corrected chi connectivity index (χ2v) is 4.33. The van der Waals surface area contributed by atoms with Gasteiger partial charge in [0.2, 0.25) is 0 Å². The first kappa shape index (κ1) is 13.7. The van der Waals surface area contributed by atoms with Crippen molar-refractivity contribution >= 4 is 15.9 Å². The van der Waals surface area contributed by atoms with E-state index in [9.17, 15) is 0 Å². The number of ether oxygens (including phenoxy) is 2. The molecule has 0 saturated heterocycles. The summed E-state index contributed by atoms with van der Waals surface area (Å²) in [5, 5.41) is 0.932. The molecular weight excluding hydrogens is 268 g/mol. The maximum Gasteiger partial charge on any atom is 0.0542 e. The first-order valence-corrected chi connectivity index (χ1v) is 6.68. The van der Waals surface area contributed by atoms with Crippen molar-refractivity contribution in [2.24, 2.45) is 0 Å². The smallest absolute Gasteiger partial charge is 0.0542 e. The molecule has 2 nitrogen and oxygen atoms in total. The Balaban J connectivity index is 2.27. The molecular formula is C13H19BrO2. The van der Waals surface area contributed by atoms with E-state index in [1.807, 2.05) is 6.07 Å². The van der Waals surface area contributed by atoms with Crippen LogP contribution in [-0.2, 0) is 9.47 Å². The van der Waals surface area contributed by atoms with Crippen LogP contribution in [0.2, 0.25) is 0 Å². The van der Waals surface area contributed by atoms with Crippen LogP contribution in [0.1, 0.15) is 17.9 Å². The Kier molecular flexibility index (Phi) is 7.47. The summed E-state index contributed by atoms with van der Waals surface area (Å²) >= 11 is 3.53. The molecule has 3 heteroatoms. The number of halogens is 1. The first-order chi connectivity index (χ1) is 7.88. The van der Waals surface area contributed by atoms with Gasteiger partial charge in [-0.1, -0.05) is 46.3 Å². The zero-order chi connectivity index (χ0) is 11.6. The van der Waals surface area contributed by atoms with Crippen molar-refractivity contribution in [2.75, 3.05) is 32.3 Å². The highest BCUT2D eigenvalue weighted by atomic mass is 79.9. The van der Waals surface area contributed by atoms with Gasteiger partial charge in [0.25, 0.3) is 0 Å². The Morgan fingerprint density at radius 2 is 1.94 bits per heavy atom. The highest BCUT2D eigenvalue weighted by Gasteiger charge is 2.09. The van der Waals surface area contributed by atoms with Crippen LogP contribution in [0.5, 0.6) is 0 Å². The molecule has 0 fully saturated rings. The van der Waals surface area contributed by atoms with Crippen molar-refractivity contribution in [1.29, 1.82) is 0 Å². The van der Waals surface area contributed by atoms with E-state index in [0.717, 1.165) is 31.6 Å². The second-order valence-electron chi connectivity index (χ2n) is 3.68. The van der Waals surface area contributed by atoms with E-state index >= 15 is 0 Å². The largest absolute Gasteiger partial charge is 0.385 e. The highest BCUT2D eigenvalue weighted by Crippen LogP contribution is 2.18. The molecule has 16 heavy (non-hydrogen) atoms. The van der Waals surface area contributed by atoms with Gasteiger partial charge in [-0.25, -0.2) is 0 Å². The van der Waals surface area contributed by atoms with Gasteiger partial charge in [0.05, 0.1) is 6.61 Å². The summed E-state index contributed by atoms with van der Waals surface area (Å²) in [6, 6.07) is 10.5. The number of rotatable bonds is 8. The predicted octanol–water partition coefficient (Wildman–Crippen LogP) is 3.22. The van der Waals surface area contributed by atoms with Gasteiger partial charge in [-0.2, -0.15) is 0 Å². The molecule has 0 aliphatic rings. The molecule has 0 saturated carbocycles. The summed E-state index contributed by atoms with van der Waals surface area (Å²) in [6.07, 6.45) is 0.959. The van der Waals surface area contributed by atoms with Gasteiger partial charge in [-0.15, -0.1) is 0 Å². The fraction of sp³-hybridized carbons (Fsp3) is 0.538. The number of hydrogen-bond donors (Lipinski definition) is 0. The third-order valence-corrected chi connectivity index (χ3v) is 3.19. The maximum absolute atomic E-state index is 5.63. The van der Waals surface area contributed by atoms with Crippen LogP contribution >= 0.6 is 15.9 Å². The van der Waals surface area contributed by atoms with Crippen LogP contribution in [0.15, 0.2) is 30.3 Å². The average molecular weight is 287 g/mol. The van der Waals surface area contributed by atoms with Crippen molar-refractivity contribution in [3.05, 3.63) is 35.9 Å². The number of benzene rings is 1. The Morgan fingerprint density at radius 1 is 1.19 bits per heavy atom. The zero-order valence-corrected chi connectivity index (χ0v) is 11.3. The number of alkyl halides is 1. The van der Waals surface area contributed by atoms with Gasteiger partial charge in [-0.3, -0.25) is 0 Å². The van der Waals surface area contributed by atoms with Crippen LogP contribution in [0, 0.1) is 0 Å². The summed E-state index contributed by atoms with van der Waals surface area (Å²) < 4.78 is 10.6. The van der Waals surface area contributed by atoms with Gasteiger partial charge in [-0.05, 0) is 12.0 Å². The molecule has 0 N–H and O–H groups in total. The lowest BCUT2D eigenvalue weighted by atomic mass is 10.0. The molecule has 0 heterocycles. The van der Waals surface area contributed by atoms with E-state index in [0.29, 0.717) is 5.92 Å². The van der Waals surface area contributed by atoms with Gasteiger partial charge in [0.1, 0.15) is 0 Å². The summed E-state index contributed by atoms with van der Waals surface area (Å²) in [7, 11) is 1.71. The van der Waals surface area contributed by atoms with Crippen LogP contribution < -0.4 is 0 Å². The normalized spacial score (nSPS) is 12.6. The Morgan fingerprint density at radius 3 is 2.56 bits per heavy atom. The topological polar surface area (TPSA) is 18.5 Å². The molecule has 1 atom stereocenters. The van der Waals surface area contributed by atoms with E-state index in [-0.39, 0.29) is 0 Å². The van der Waals surface area contributed by atoms with Crippen molar-refractivity contribution < 1.29 is 9.47 Å². The Bertz CT molecular complexity index is 264. The highest BCUT2D eigenvalue weighted by molar-refractivity contribution is 9.09. The lowest BCUT2D eigenvalue weighted by Crippen LogP contribution is -2.10. The third-order valence-electron chi connectivity index (χ3n) is 2.41. The lowest BCUT2D eigenvalue weighted by Gasteiger charge is -2.14. The maximum atomic E-state index is 5.63. The first-order valence-electron chi connectivity index (χ1n) is 5.56. The van der Waals surface area contributed by atoms with E-state index in [2.05, 4.69) is 40.2 Å². The number of hydrogen-bond acceptors (Lipinski definition) is 2. The minimum absolute atomic E-state index is 0.434. The van der Waals surface area contributed by atoms with Gasteiger partial charge >= 0.3 is 0 Å².